The number of rotatable bonds is 7. The van der Waals surface area contributed by atoms with Crippen molar-refractivity contribution in [2.45, 2.75) is 39.7 Å². The van der Waals surface area contributed by atoms with Gasteiger partial charge in [-0.2, -0.15) is 0 Å². The van der Waals surface area contributed by atoms with E-state index in [1.54, 1.807) is 0 Å². The Bertz CT molecular complexity index is 167. The van der Waals surface area contributed by atoms with Gasteiger partial charge in [0.05, 0.1) is 6.61 Å². The number of hydrogen-bond acceptors (Lipinski definition) is 3. The fraction of sp³-hybridized carbons (Fsp3) is 1.00. The van der Waals surface area contributed by atoms with Crippen molar-refractivity contribution in [3.05, 3.63) is 0 Å². The summed E-state index contributed by atoms with van der Waals surface area (Å²) in [7, 11) is 0. The van der Waals surface area contributed by atoms with Crippen molar-refractivity contribution >= 4 is 0 Å². The zero-order valence-corrected chi connectivity index (χ0v) is 11.0. The summed E-state index contributed by atoms with van der Waals surface area (Å²) < 4.78 is 10.9. The third kappa shape index (κ3) is 5.83. The normalized spacial score (nSPS) is 20.2. The molecule has 1 aliphatic rings. The predicted octanol–water partition coefficient (Wildman–Crippen LogP) is 2.06. The molecule has 1 N–H and O–H groups in total. The first-order valence-electron chi connectivity index (χ1n) is 6.59. The molecular weight excluding hydrogens is 202 g/mol. The molecule has 0 spiro atoms. The molecule has 1 fully saturated rings. The smallest absolute Gasteiger partial charge is 0.0591 e. The summed E-state index contributed by atoms with van der Waals surface area (Å²) in [6, 6.07) is 0.589. The van der Waals surface area contributed by atoms with Gasteiger partial charge in [-0.05, 0) is 31.6 Å². The summed E-state index contributed by atoms with van der Waals surface area (Å²) in [4.78, 5) is 0. The Morgan fingerprint density at radius 3 is 2.56 bits per heavy atom. The third-order valence-corrected chi connectivity index (χ3v) is 3.14. The van der Waals surface area contributed by atoms with Crippen LogP contribution in [0.2, 0.25) is 0 Å². The molecule has 0 radical (unpaired) electrons. The van der Waals surface area contributed by atoms with E-state index in [2.05, 4.69) is 26.1 Å². The lowest BCUT2D eigenvalue weighted by Crippen LogP contribution is -2.38. The predicted molar refractivity (Wildman–Crippen MR) is 66.7 cm³/mol. The van der Waals surface area contributed by atoms with Crippen LogP contribution in [-0.4, -0.2) is 39.0 Å². The maximum absolute atomic E-state index is 5.55. The van der Waals surface area contributed by atoms with E-state index in [4.69, 9.17) is 9.47 Å². The molecular formula is C13H27NO2. The Hall–Kier alpha value is -0.120. The van der Waals surface area contributed by atoms with Crippen molar-refractivity contribution in [1.82, 2.24) is 5.32 Å². The van der Waals surface area contributed by atoms with Gasteiger partial charge in [-0.3, -0.25) is 0 Å². The minimum Gasteiger partial charge on any atom is -0.381 e. The largest absolute Gasteiger partial charge is 0.381 e. The second-order valence-corrected chi connectivity index (χ2v) is 5.16. The Morgan fingerprint density at radius 2 is 1.94 bits per heavy atom. The van der Waals surface area contributed by atoms with Crippen molar-refractivity contribution < 1.29 is 9.47 Å². The van der Waals surface area contributed by atoms with E-state index in [-0.39, 0.29) is 0 Å². The molecule has 0 aromatic carbocycles. The number of nitrogens with one attached hydrogen (secondary N) is 1. The molecule has 0 saturated carbocycles. The van der Waals surface area contributed by atoms with Crippen LogP contribution in [0.25, 0.3) is 0 Å². The van der Waals surface area contributed by atoms with Gasteiger partial charge < -0.3 is 14.8 Å². The molecule has 0 amide bonds. The zero-order valence-electron chi connectivity index (χ0n) is 11.0. The van der Waals surface area contributed by atoms with E-state index < -0.39 is 0 Å². The molecule has 3 heteroatoms. The molecule has 96 valence electrons. The van der Waals surface area contributed by atoms with Gasteiger partial charge in [0.2, 0.25) is 0 Å². The van der Waals surface area contributed by atoms with Gasteiger partial charge in [0, 0.05) is 32.4 Å². The van der Waals surface area contributed by atoms with Crippen LogP contribution in [0.1, 0.15) is 33.6 Å². The number of ether oxygens (including phenoxy) is 2. The van der Waals surface area contributed by atoms with Crippen molar-refractivity contribution in [1.29, 1.82) is 0 Å². The molecule has 1 rings (SSSR count). The molecule has 1 heterocycles. The van der Waals surface area contributed by atoms with Crippen LogP contribution in [-0.2, 0) is 9.47 Å². The minimum absolute atomic E-state index is 0.589. The molecule has 0 aliphatic carbocycles. The molecule has 16 heavy (non-hydrogen) atoms. The van der Waals surface area contributed by atoms with Crippen LogP contribution in [0.5, 0.6) is 0 Å². The molecule has 1 atom stereocenters. The van der Waals surface area contributed by atoms with Gasteiger partial charge in [-0.15, -0.1) is 0 Å². The Balaban J connectivity index is 1.98. The summed E-state index contributed by atoms with van der Waals surface area (Å²) in [5.41, 5.74) is 0. The lowest BCUT2D eigenvalue weighted by Gasteiger charge is -2.28. The summed E-state index contributed by atoms with van der Waals surface area (Å²) in [6.45, 7) is 11.2. The quantitative estimate of drug-likeness (QED) is 0.678. The van der Waals surface area contributed by atoms with Crippen molar-refractivity contribution in [3.63, 3.8) is 0 Å². The van der Waals surface area contributed by atoms with Gasteiger partial charge in [-0.1, -0.05) is 13.8 Å². The van der Waals surface area contributed by atoms with Gasteiger partial charge in [-0.25, -0.2) is 0 Å². The van der Waals surface area contributed by atoms with Gasteiger partial charge in [0.15, 0.2) is 0 Å². The third-order valence-electron chi connectivity index (χ3n) is 3.14. The molecule has 3 nitrogen and oxygen atoms in total. The second kappa shape index (κ2) is 8.04. The molecule has 0 bridgehead atoms. The summed E-state index contributed by atoms with van der Waals surface area (Å²) in [5.74, 6) is 1.41. The van der Waals surface area contributed by atoms with Gasteiger partial charge in [0.1, 0.15) is 0 Å². The highest BCUT2D eigenvalue weighted by Gasteiger charge is 2.19. The van der Waals surface area contributed by atoms with Crippen LogP contribution in [0, 0.1) is 11.8 Å². The van der Waals surface area contributed by atoms with Crippen molar-refractivity contribution in [2.24, 2.45) is 11.8 Å². The number of hydrogen-bond donors (Lipinski definition) is 1. The van der Waals surface area contributed by atoms with Crippen LogP contribution in [0.4, 0.5) is 0 Å². The molecule has 1 saturated heterocycles. The van der Waals surface area contributed by atoms with Crippen LogP contribution < -0.4 is 5.32 Å². The zero-order chi connectivity index (χ0) is 11.8. The summed E-state index contributed by atoms with van der Waals surface area (Å²) >= 11 is 0. The van der Waals surface area contributed by atoms with E-state index in [0.717, 1.165) is 38.9 Å². The Kier molecular flexibility index (Phi) is 7.01. The van der Waals surface area contributed by atoms with Crippen molar-refractivity contribution in [2.75, 3.05) is 33.0 Å². The second-order valence-electron chi connectivity index (χ2n) is 5.16. The van der Waals surface area contributed by atoms with Crippen molar-refractivity contribution in [3.8, 4) is 0 Å². The standard InChI is InChI=1S/C13H27NO2/c1-11(2)10-16-9-6-14-12(3)13-4-7-15-8-5-13/h11-14H,4-10H2,1-3H3. The van der Waals surface area contributed by atoms with Crippen LogP contribution in [0.15, 0.2) is 0 Å². The topological polar surface area (TPSA) is 30.5 Å². The van der Waals surface area contributed by atoms with Gasteiger partial charge >= 0.3 is 0 Å². The van der Waals surface area contributed by atoms with E-state index in [1.165, 1.54) is 12.8 Å². The van der Waals surface area contributed by atoms with E-state index in [1.807, 2.05) is 0 Å². The maximum atomic E-state index is 5.55. The average molecular weight is 229 g/mol. The van der Waals surface area contributed by atoms with Crippen LogP contribution in [0.3, 0.4) is 0 Å². The molecule has 0 aromatic heterocycles. The Morgan fingerprint density at radius 1 is 1.25 bits per heavy atom. The van der Waals surface area contributed by atoms with E-state index in [0.29, 0.717) is 12.0 Å². The monoisotopic (exact) mass is 229 g/mol. The first-order valence-corrected chi connectivity index (χ1v) is 6.59. The van der Waals surface area contributed by atoms with Crippen LogP contribution >= 0.6 is 0 Å². The lowest BCUT2D eigenvalue weighted by molar-refractivity contribution is 0.0534. The van der Waals surface area contributed by atoms with Gasteiger partial charge in [0.25, 0.3) is 0 Å². The van der Waals surface area contributed by atoms with E-state index >= 15 is 0 Å². The minimum atomic E-state index is 0.589. The first kappa shape index (κ1) is 13.9. The molecule has 0 aromatic rings. The SMILES string of the molecule is CC(C)COCCNC(C)C1CCOCC1. The fourth-order valence-corrected chi connectivity index (χ4v) is 2.06. The first-order chi connectivity index (χ1) is 7.70. The highest BCUT2D eigenvalue weighted by molar-refractivity contribution is 4.74. The lowest BCUT2D eigenvalue weighted by atomic mass is 9.93. The Labute approximate surface area is 99.9 Å². The summed E-state index contributed by atoms with van der Waals surface area (Å²) in [6.07, 6.45) is 2.39. The summed E-state index contributed by atoms with van der Waals surface area (Å²) in [5, 5.41) is 3.55. The average Bonchev–Trinajstić information content (AvgIpc) is 2.29. The molecule has 1 aliphatic heterocycles. The maximum Gasteiger partial charge on any atom is 0.0591 e. The van der Waals surface area contributed by atoms with E-state index in [9.17, 15) is 0 Å². The molecule has 1 unspecified atom stereocenters. The fourth-order valence-electron chi connectivity index (χ4n) is 2.06. The highest BCUT2D eigenvalue weighted by Crippen LogP contribution is 2.18. The highest BCUT2D eigenvalue weighted by atomic mass is 16.5.